The lowest BCUT2D eigenvalue weighted by atomic mass is 10.1. The first-order valence-corrected chi connectivity index (χ1v) is 6.77. The van der Waals surface area contributed by atoms with Crippen LogP contribution in [0.4, 0.5) is 5.69 Å². The van der Waals surface area contributed by atoms with Crippen molar-refractivity contribution >= 4 is 5.69 Å². The molecular weight excluding hydrogens is 222 g/mol. The second-order valence-electron chi connectivity index (χ2n) is 5.06. The van der Waals surface area contributed by atoms with E-state index in [1.807, 2.05) is 0 Å². The maximum absolute atomic E-state index is 5.67. The number of anilines is 1. The first-order chi connectivity index (χ1) is 8.58. The summed E-state index contributed by atoms with van der Waals surface area (Å²) in [5.74, 6) is 0. The molecular formula is C15H27N3. The molecule has 0 aliphatic heterocycles. The van der Waals surface area contributed by atoms with Crippen LogP contribution in [0.3, 0.4) is 0 Å². The summed E-state index contributed by atoms with van der Waals surface area (Å²) in [5.41, 5.74) is 9.55. The van der Waals surface area contributed by atoms with Gasteiger partial charge in [0.25, 0.3) is 0 Å². The van der Waals surface area contributed by atoms with Gasteiger partial charge in [0, 0.05) is 25.3 Å². The Bertz CT molecular complexity index is 361. The number of nitrogens with two attached hydrogens (primary N) is 1. The van der Waals surface area contributed by atoms with E-state index in [1.54, 1.807) is 0 Å². The predicted octanol–water partition coefficient (Wildman–Crippen LogP) is 2.23. The van der Waals surface area contributed by atoms with Crippen LogP contribution in [-0.2, 0) is 6.54 Å². The summed E-state index contributed by atoms with van der Waals surface area (Å²) < 4.78 is 0. The Morgan fingerprint density at radius 3 is 2.39 bits per heavy atom. The molecule has 2 N–H and O–H groups in total. The zero-order valence-electron chi connectivity index (χ0n) is 12.2. The highest BCUT2D eigenvalue weighted by Gasteiger charge is 2.07. The summed E-state index contributed by atoms with van der Waals surface area (Å²) in [6.07, 6.45) is 1.19. The Hall–Kier alpha value is -1.06. The highest BCUT2D eigenvalue weighted by molar-refractivity contribution is 5.54. The third-order valence-corrected chi connectivity index (χ3v) is 3.25. The molecule has 0 fully saturated rings. The number of rotatable bonds is 7. The van der Waals surface area contributed by atoms with Crippen LogP contribution in [0.2, 0.25) is 0 Å². The molecule has 0 bridgehead atoms. The second-order valence-corrected chi connectivity index (χ2v) is 5.06. The molecule has 18 heavy (non-hydrogen) atoms. The molecule has 102 valence electrons. The fourth-order valence-electron chi connectivity index (χ4n) is 2.23. The average Bonchev–Trinajstić information content (AvgIpc) is 2.35. The maximum Gasteiger partial charge on any atom is 0.0396 e. The first kappa shape index (κ1) is 15.0. The molecule has 0 aliphatic carbocycles. The quantitative estimate of drug-likeness (QED) is 0.804. The van der Waals surface area contributed by atoms with Crippen molar-refractivity contribution < 1.29 is 0 Å². The van der Waals surface area contributed by atoms with Crippen LogP contribution in [0.5, 0.6) is 0 Å². The summed E-state index contributed by atoms with van der Waals surface area (Å²) in [6.45, 7) is 8.30. The minimum absolute atomic E-state index is 0.619. The van der Waals surface area contributed by atoms with Gasteiger partial charge in [-0.1, -0.05) is 12.1 Å². The van der Waals surface area contributed by atoms with Crippen LogP contribution in [0.1, 0.15) is 24.5 Å². The van der Waals surface area contributed by atoms with Gasteiger partial charge < -0.3 is 15.5 Å². The fourth-order valence-corrected chi connectivity index (χ4v) is 2.23. The Balaban J connectivity index is 2.69. The zero-order chi connectivity index (χ0) is 13.5. The van der Waals surface area contributed by atoms with E-state index in [0.29, 0.717) is 6.54 Å². The summed E-state index contributed by atoms with van der Waals surface area (Å²) in [4.78, 5) is 4.68. The normalized spacial score (nSPS) is 11.0. The van der Waals surface area contributed by atoms with Crippen LogP contribution in [0.25, 0.3) is 0 Å². The molecule has 1 aromatic rings. The van der Waals surface area contributed by atoms with Gasteiger partial charge in [-0.25, -0.2) is 0 Å². The number of hydrogen-bond donors (Lipinski definition) is 1. The predicted molar refractivity (Wildman–Crippen MR) is 80.1 cm³/mol. The molecule has 0 spiro atoms. The van der Waals surface area contributed by atoms with E-state index in [0.717, 1.165) is 19.6 Å². The summed E-state index contributed by atoms with van der Waals surface area (Å²) in [7, 11) is 4.25. The minimum Gasteiger partial charge on any atom is -0.372 e. The van der Waals surface area contributed by atoms with Gasteiger partial charge in [-0.05, 0) is 58.1 Å². The van der Waals surface area contributed by atoms with Crippen molar-refractivity contribution in [3.05, 3.63) is 29.3 Å². The molecule has 0 aromatic heterocycles. The molecule has 0 amide bonds. The maximum atomic E-state index is 5.67. The lowest BCUT2D eigenvalue weighted by Gasteiger charge is -2.26. The Kier molecular flexibility index (Phi) is 6.16. The zero-order valence-corrected chi connectivity index (χ0v) is 12.2. The van der Waals surface area contributed by atoms with Gasteiger partial charge in [0.15, 0.2) is 0 Å². The van der Waals surface area contributed by atoms with Crippen molar-refractivity contribution in [3.8, 4) is 0 Å². The van der Waals surface area contributed by atoms with Crippen LogP contribution >= 0.6 is 0 Å². The van der Waals surface area contributed by atoms with E-state index in [-0.39, 0.29) is 0 Å². The van der Waals surface area contributed by atoms with Gasteiger partial charge in [0.1, 0.15) is 0 Å². The van der Waals surface area contributed by atoms with Crippen molar-refractivity contribution in [1.29, 1.82) is 0 Å². The molecule has 3 nitrogen and oxygen atoms in total. The van der Waals surface area contributed by atoms with Crippen molar-refractivity contribution in [2.45, 2.75) is 26.8 Å². The molecule has 3 heteroatoms. The molecule has 0 unspecified atom stereocenters. The van der Waals surface area contributed by atoms with E-state index in [2.05, 4.69) is 55.9 Å². The molecule has 0 atom stereocenters. The smallest absolute Gasteiger partial charge is 0.0396 e. The largest absolute Gasteiger partial charge is 0.372 e. The monoisotopic (exact) mass is 249 g/mol. The first-order valence-electron chi connectivity index (χ1n) is 6.77. The van der Waals surface area contributed by atoms with Crippen molar-refractivity contribution in [3.63, 3.8) is 0 Å². The lowest BCUT2D eigenvalue weighted by molar-refractivity contribution is 0.400. The molecule has 0 aliphatic rings. The van der Waals surface area contributed by atoms with Crippen LogP contribution in [0, 0.1) is 6.92 Å². The Morgan fingerprint density at radius 2 is 1.89 bits per heavy atom. The van der Waals surface area contributed by atoms with Crippen LogP contribution in [0.15, 0.2) is 18.2 Å². The highest BCUT2D eigenvalue weighted by Crippen LogP contribution is 2.21. The van der Waals surface area contributed by atoms with E-state index >= 15 is 0 Å². The topological polar surface area (TPSA) is 32.5 Å². The van der Waals surface area contributed by atoms with Gasteiger partial charge in [-0.2, -0.15) is 0 Å². The van der Waals surface area contributed by atoms with Crippen molar-refractivity contribution in [1.82, 2.24) is 4.90 Å². The number of nitrogens with zero attached hydrogens (tertiary/aromatic N) is 2. The van der Waals surface area contributed by atoms with Gasteiger partial charge >= 0.3 is 0 Å². The van der Waals surface area contributed by atoms with E-state index in [1.165, 1.54) is 23.2 Å². The molecule has 1 aromatic carbocycles. The third-order valence-electron chi connectivity index (χ3n) is 3.25. The van der Waals surface area contributed by atoms with Gasteiger partial charge in [-0.3, -0.25) is 0 Å². The van der Waals surface area contributed by atoms with Gasteiger partial charge in [-0.15, -0.1) is 0 Å². The van der Waals surface area contributed by atoms with Crippen LogP contribution < -0.4 is 10.6 Å². The highest BCUT2D eigenvalue weighted by atomic mass is 15.1. The Morgan fingerprint density at radius 1 is 1.17 bits per heavy atom. The minimum atomic E-state index is 0.619. The van der Waals surface area contributed by atoms with E-state index in [9.17, 15) is 0 Å². The number of aryl methyl sites for hydroxylation is 1. The summed E-state index contributed by atoms with van der Waals surface area (Å²) in [5, 5.41) is 0. The average molecular weight is 249 g/mol. The van der Waals surface area contributed by atoms with E-state index in [4.69, 9.17) is 5.73 Å². The lowest BCUT2D eigenvalue weighted by Crippen LogP contribution is -2.27. The number of hydrogen-bond acceptors (Lipinski definition) is 3. The molecule has 0 saturated carbocycles. The SMILES string of the molecule is CCN(CCCN(C)C)c1ccc(CN)cc1C. The standard InChI is InChI=1S/C15H27N3/c1-5-18(10-6-9-17(3)4)15-8-7-14(12-16)11-13(15)2/h7-8,11H,5-6,9-10,12,16H2,1-4H3. The van der Waals surface area contributed by atoms with E-state index < -0.39 is 0 Å². The second kappa shape index (κ2) is 7.39. The molecule has 0 radical (unpaired) electrons. The molecule has 1 rings (SSSR count). The molecule has 0 saturated heterocycles. The Labute approximate surface area is 112 Å². The van der Waals surface area contributed by atoms with Crippen molar-refractivity contribution in [2.24, 2.45) is 5.73 Å². The van der Waals surface area contributed by atoms with Gasteiger partial charge in [0.2, 0.25) is 0 Å². The van der Waals surface area contributed by atoms with Gasteiger partial charge in [0.05, 0.1) is 0 Å². The van der Waals surface area contributed by atoms with Crippen LogP contribution in [-0.4, -0.2) is 38.6 Å². The summed E-state index contributed by atoms with van der Waals surface area (Å²) >= 11 is 0. The fraction of sp³-hybridized carbons (Fsp3) is 0.600. The number of benzene rings is 1. The summed E-state index contributed by atoms with van der Waals surface area (Å²) in [6, 6.07) is 6.54. The van der Waals surface area contributed by atoms with Crippen molar-refractivity contribution in [2.75, 3.05) is 38.6 Å². The third kappa shape index (κ3) is 4.31. The molecule has 0 heterocycles.